The van der Waals surface area contributed by atoms with Crippen LogP contribution >= 0.6 is 0 Å². The standard InChI is InChI=1S/C14H15NO4/c1-4-10-13(19-8(2)16)11-7-9(18-3)5-6-12(11)15-14(10)17/h5-7H,4H2,1-3H3,(H,15,17). The maximum Gasteiger partial charge on any atom is 0.308 e. The van der Waals surface area contributed by atoms with Crippen molar-refractivity contribution in [1.82, 2.24) is 4.98 Å². The Labute approximate surface area is 110 Å². The van der Waals surface area contributed by atoms with E-state index in [4.69, 9.17) is 9.47 Å². The molecule has 5 nitrogen and oxygen atoms in total. The van der Waals surface area contributed by atoms with Crippen LogP contribution in [0.25, 0.3) is 10.9 Å². The van der Waals surface area contributed by atoms with Crippen LogP contribution in [0, 0.1) is 0 Å². The Morgan fingerprint density at radius 2 is 2.11 bits per heavy atom. The van der Waals surface area contributed by atoms with E-state index in [1.807, 2.05) is 6.92 Å². The number of hydrogen-bond acceptors (Lipinski definition) is 4. The first kappa shape index (κ1) is 13.1. The van der Waals surface area contributed by atoms with Gasteiger partial charge in [0.2, 0.25) is 0 Å². The molecule has 1 heterocycles. The number of fused-ring (bicyclic) bond motifs is 1. The number of hydrogen-bond donors (Lipinski definition) is 1. The lowest BCUT2D eigenvalue weighted by molar-refractivity contribution is -0.131. The van der Waals surface area contributed by atoms with Gasteiger partial charge in [0.1, 0.15) is 11.5 Å². The summed E-state index contributed by atoms with van der Waals surface area (Å²) in [5.74, 6) is 0.493. The molecule has 0 aliphatic rings. The fraction of sp³-hybridized carbons (Fsp3) is 0.286. The molecule has 0 aliphatic heterocycles. The van der Waals surface area contributed by atoms with Crippen LogP contribution in [-0.4, -0.2) is 18.1 Å². The Morgan fingerprint density at radius 3 is 2.68 bits per heavy atom. The molecule has 1 aromatic heterocycles. The van der Waals surface area contributed by atoms with Gasteiger partial charge in [-0.05, 0) is 24.6 Å². The van der Waals surface area contributed by atoms with Crippen molar-refractivity contribution in [2.45, 2.75) is 20.3 Å². The number of methoxy groups -OCH3 is 1. The third kappa shape index (κ3) is 2.45. The first-order chi connectivity index (χ1) is 9.06. The van der Waals surface area contributed by atoms with Gasteiger partial charge in [-0.3, -0.25) is 9.59 Å². The van der Waals surface area contributed by atoms with Crippen molar-refractivity contribution < 1.29 is 14.3 Å². The number of rotatable bonds is 3. The Bertz CT molecular complexity index is 688. The van der Waals surface area contributed by atoms with Crippen LogP contribution in [0.1, 0.15) is 19.4 Å². The number of aromatic amines is 1. The first-order valence-electron chi connectivity index (χ1n) is 5.98. The minimum absolute atomic E-state index is 0.239. The molecule has 0 radical (unpaired) electrons. The Balaban J connectivity index is 2.82. The molecule has 2 aromatic rings. The number of aromatic nitrogens is 1. The van der Waals surface area contributed by atoms with Gasteiger partial charge in [0.25, 0.3) is 5.56 Å². The van der Waals surface area contributed by atoms with Crippen LogP contribution in [0.2, 0.25) is 0 Å². The lowest BCUT2D eigenvalue weighted by Gasteiger charge is -2.11. The number of carbonyl (C=O) groups is 1. The molecule has 2 rings (SSSR count). The maximum atomic E-state index is 11.9. The minimum atomic E-state index is -0.454. The Morgan fingerprint density at radius 1 is 1.37 bits per heavy atom. The average molecular weight is 261 g/mol. The zero-order chi connectivity index (χ0) is 14.0. The number of pyridine rings is 1. The average Bonchev–Trinajstić information content (AvgIpc) is 2.38. The summed E-state index contributed by atoms with van der Waals surface area (Å²) in [5, 5.41) is 0.658. The lowest BCUT2D eigenvalue weighted by atomic mass is 10.1. The smallest absolute Gasteiger partial charge is 0.308 e. The molecule has 1 aromatic carbocycles. The second kappa shape index (κ2) is 5.14. The highest BCUT2D eigenvalue weighted by molar-refractivity contribution is 5.89. The summed E-state index contributed by atoms with van der Waals surface area (Å²) in [6, 6.07) is 5.20. The molecule has 0 saturated heterocycles. The molecule has 1 N–H and O–H groups in total. The predicted molar refractivity (Wildman–Crippen MR) is 71.8 cm³/mol. The van der Waals surface area contributed by atoms with Gasteiger partial charge < -0.3 is 14.5 Å². The predicted octanol–water partition coefficient (Wildman–Crippen LogP) is 2.02. The Kier molecular flexibility index (Phi) is 3.55. The molecule has 0 amide bonds. The van der Waals surface area contributed by atoms with Gasteiger partial charge in [-0.25, -0.2) is 0 Å². The summed E-state index contributed by atoms with van der Waals surface area (Å²) in [6.45, 7) is 3.15. The van der Waals surface area contributed by atoms with Gasteiger partial charge >= 0.3 is 5.97 Å². The molecule has 0 fully saturated rings. The van der Waals surface area contributed by atoms with E-state index in [0.717, 1.165) is 0 Å². The molecule has 0 aliphatic carbocycles. The van der Waals surface area contributed by atoms with Crippen molar-refractivity contribution in [3.63, 3.8) is 0 Å². The van der Waals surface area contributed by atoms with E-state index in [0.29, 0.717) is 34.4 Å². The van der Waals surface area contributed by atoms with Gasteiger partial charge in [0.05, 0.1) is 18.2 Å². The highest BCUT2D eigenvalue weighted by Gasteiger charge is 2.15. The number of H-pyrrole nitrogens is 1. The summed E-state index contributed by atoms with van der Waals surface area (Å²) >= 11 is 0. The van der Waals surface area contributed by atoms with Crippen molar-refractivity contribution in [1.29, 1.82) is 0 Å². The second-order valence-corrected chi connectivity index (χ2v) is 4.12. The van der Waals surface area contributed by atoms with Crippen molar-refractivity contribution in [3.05, 3.63) is 34.1 Å². The number of ether oxygens (including phenoxy) is 2. The van der Waals surface area contributed by atoms with Crippen LogP contribution in [-0.2, 0) is 11.2 Å². The third-order valence-electron chi connectivity index (χ3n) is 2.87. The molecule has 0 spiro atoms. The van der Waals surface area contributed by atoms with E-state index in [9.17, 15) is 9.59 Å². The van der Waals surface area contributed by atoms with Gasteiger partial charge in [-0.15, -0.1) is 0 Å². The summed E-state index contributed by atoms with van der Waals surface area (Å²) in [6.07, 6.45) is 0.477. The minimum Gasteiger partial charge on any atom is -0.497 e. The quantitative estimate of drug-likeness (QED) is 0.858. The van der Waals surface area contributed by atoms with Crippen LogP contribution in [0.3, 0.4) is 0 Å². The molecule has 0 saturated carbocycles. The Hall–Kier alpha value is -2.30. The molecule has 19 heavy (non-hydrogen) atoms. The van der Waals surface area contributed by atoms with Crippen LogP contribution in [0.4, 0.5) is 0 Å². The molecule has 0 bridgehead atoms. The van der Waals surface area contributed by atoms with E-state index in [1.54, 1.807) is 25.3 Å². The molecule has 5 heteroatoms. The van der Waals surface area contributed by atoms with Crippen molar-refractivity contribution >= 4 is 16.9 Å². The lowest BCUT2D eigenvalue weighted by Crippen LogP contribution is -2.16. The van der Waals surface area contributed by atoms with E-state index in [1.165, 1.54) is 6.92 Å². The molecular formula is C14H15NO4. The van der Waals surface area contributed by atoms with Crippen molar-refractivity contribution in [2.24, 2.45) is 0 Å². The summed E-state index contributed by atoms with van der Waals surface area (Å²) in [7, 11) is 1.55. The molecular weight excluding hydrogens is 246 g/mol. The number of benzene rings is 1. The zero-order valence-electron chi connectivity index (χ0n) is 11.1. The number of esters is 1. The SMILES string of the molecule is CCc1c(OC(C)=O)c2cc(OC)ccc2[nH]c1=O. The van der Waals surface area contributed by atoms with Crippen LogP contribution < -0.4 is 15.0 Å². The summed E-state index contributed by atoms with van der Waals surface area (Å²) < 4.78 is 10.4. The van der Waals surface area contributed by atoms with E-state index in [-0.39, 0.29) is 5.56 Å². The van der Waals surface area contributed by atoms with Crippen molar-refractivity contribution in [2.75, 3.05) is 7.11 Å². The fourth-order valence-corrected chi connectivity index (χ4v) is 1.99. The van der Waals surface area contributed by atoms with E-state index in [2.05, 4.69) is 4.98 Å². The zero-order valence-corrected chi connectivity index (χ0v) is 11.1. The molecule has 0 unspecified atom stereocenters. The highest BCUT2D eigenvalue weighted by atomic mass is 16.5. The first-order valence-corrected chi connectivity index (χ1v) is 5.98. The summed E-state index contributed by atoms with van der Waals surface area (Å²) in [5.41, 5.74) is 0.826. The van der Waals surface area contributed by atoms with E-state index >= 15 is 0 Å². The van der Waals surface area contributed by atoms with Crippen molar-refractivity contribution in [3.8, 4) is 11.5 Å². The number of carbonyl (C=O) groups excluding carboxylic acids is 1. The van der Waals surface area contributed by atoms with E-state index < -0.39 is 5.97 Å². The largest absolute Gasteiger partial charge is 0.497 e. The third-order valence-corrected chi connectivity index (χ3v) is 2.87. The molecule has 0 atom stereocenters. The summed E-state index contributed by atoms with van der Waals surface area (Å²) in [4.78, 5) is 25.9. The van der Waals surface area contributed by atoms with Gasteiger partial charge in [0.15, 0.2) is 0 Å². The van der Waals surface area contributed by atoms with Gasteiger partial charge in [-0.1, -0.05) is 6.92 Å². The highest BCUT2D eigenvalue weighted by Crippen LogP contribution is 2.29. The van der Waals surface area contributed by atoms with Crippen LogP contribution in [0.5, 0.6) is 11.5 Å². The van der Waals surface area contributed by atoms with Gasteiger partial charge in [0, 0.05) is 12.3 Å². The monoisotopic (exact) mass is 261 g/mol. The maximum absolute atomic E-state index is 11.9. The number of nitrogens with one attached hydrogen (secondary N) is 1. The second-order valence-electron chi connectivity index (χ2n) is 4.12. The van der Waals surface area contributed by atoms with Gasteiger partial charge in [-0.2, -0.15) is 0 Å². The van der Waals surface area contributed by atoms with Crippen LogP contribution in [0.15, 0.2) is 23.0 Å². The molecule has 100 valence electrons. The topological polar surface area (TPSA) is 68.4 Å². The normalized spacial score (nSPS) is 10.5. The fourth-order valence-electron chi connectivity index (χ4n) is 1.99.